The topological polar surface area (TPSA) is 75.3 Å². The van der Waals surface area contributed by atoms with Gasteiger partial charge in [-0.3, -0.25) is 9.52 Å². The van der Waals surface area contributed by atoms with Gasteiger partial charge >= 0.3 is 0 Å². The molecule has 0 radical (unpaired) electrons. The molecule has 0 spiro atoms. The zero-order valence-corrected chi connectivity index (χ0v) is 11.6. The minimum absolute atomic E-state index is 0.0119. The zero-order valence-electron chi connectivity index (χ0n) is 10.8. The molecule has 0 aromatic heterocycles. The third kappa shape index (κ3) is 3.73. The number of anilines is 2. The molecule has 0 unspecified atom stereocenters. The van der Waals surface area contributed by atoms with E-state index in [9.17, 15) is 13.2 Å². The number of hydrogen-bond donors (Lipinski definition) is 2. The summed E-state index contributed by atoms with van der Waals surface area (Å²) < 4.78 is 25.5. The van der Waals surface area contributed by atoms with Crippen LogP contribution in [0, 0.1) is 6.92 Å². The quantitative estimate of drug-likeness (QED) is 0.860. The van der Waals surface area contributed by atoms with Gasteiger partial charge in [-0.1, -0.05) is 13.0 Å². The molecule has 1 aromatic carbocycles. The molecule has 1 rings (SSSR count). The molecule has 1 aromatic rings. The minimum atomic E-state index is -3.31. The Balaban J connectivity index is 3.02. The Morgan fingerprint density at radius 2 is 1.83 bits per heavy atom. The van der Waals surface area contributed by atoms with E-state index in [4.69, 9.17) is 0 Å². The number of sulfonamides is 1. The maximum Gasteiger partial charge on any atom is 0.232 e. The average Bonchev–Trinajstić information content (AvgIpc) is 2.34. The van der Waals surface area contributed by atoms with Crippen LogP contribution >= 0.6 is 0 Å². The summed E-state index contributed by atoms with van der Waals surface area (Å²) in [6.07, 6.45) is 0.379. The van der Waals surface area contributed by atoms with Crippen molar-refractivity contribution in [1.82, 2.24) is 0 Å². The third-order valence-corrected chi connectivity index (χ3v) is 3.87. The molecule has 0 bridgehead atoms. The van der Waals surface area contributed by atoms with Crippen molar-refractivity contribution in [3.05, 3.63) is 23.8 Å². The normalized spacial score (nSPS) is 11.1. The van der Waals surface area contributed by atoms with Gasteiger partial charge in [-0.2, -0.15) is 0 Å². The Morgan fingerprint density at radius 3 is 2.39 bits per heavy atom. The van der Waals surface area contributed by atoms with Crippen LogP contribution in [0.3, 0.4) is 0 Å². The van der Waals surface area contributed by atoms with Gasteiger partial charge in [-0.15, -0.1) is 0 Å². The zero-order chi connectivity index (χ0) is 13.8. The number of carbonyl (C=O) groups is 1. The van der Waals surface area contributed by atoms with Gasteiger partial charge in [0.15, 0.2) is 0 Å². The van der Waals surface area contributed by atoms with E-state index < -0.39 is 10.0 Å². The molecule has 0 saturated heterocycles. The molecule has 1 amide bonds. The molecule has 0 heterocycles. The number of hydrogen-bond acceptors (Lipinski definition) is 3. The first-order chi connectivity index (χ1) is 8.39. The SMILES string of the molecule is CCC(=O)Nc1cccc(NS(=O)(=O)CC)c1C. The fraction of sp³-hybridized carbons (Fsp3) is 0.417. The molecular weight excluding hydrogens is 252 g/mol. The molecule has 0 aliphatic heterocycles. The maximum atomic E-state index is 11.5. The molecular formula is C12H18N2O3S. The van der Waals surface area contributed by atoms with Crippen molar-refractivity contribution in [2.75, 3.05) is 15.8 Å². The van der Waals surface area contributed by atoms with Gasteiger partial charge in [-0.05, 0) is 31.5 Å². The van der Waals surface area contributed by atoms with Crippen molar-refractivity contribution in [1.29, 1.82) is 0 Å². The summed E-state index contributed by atoms with van der Waals surface area (Å²) in [5.74, 6) is -0.0913. The molecule has 6 heteroatoms. The van der Waals surface area contributed by atoms with Gasteiger partial charge < -0.3 is 5.32 Å². The van der Waals surface area contributed by atoms with Crippen molar-refractivity contribution < 1.29 is 13.2 Å². The highest BCUT2D eigenvalue weighted by atomic mass is 32.2. The first kappa shape index (κ1) is 14.5. The van der Waals surface area contributed by atoms with Crippen LogP contribution < -0.4 is 10.0 Å². The molecule has 0 aliphatic rings. The summed E-state index contributed by atoms with van der Waals surface area (Å²) in [7, 11) is -3.31. The van der Waals surface area contributed by atoms with Gasteiger partial charge in [0.2, 0.25) is 15.9 Å². The fourth-order valence-corrected chi connectivity index (χ4v) is 2.06. The van der Waals surface area contributed by atoms with Gasteiger partial charge in [0.25, 0.3) is 0 Å². The smallest absolute Gasteiger partial charge is 0.232 e. The molecule has 0 saturated carbocycles. The average molecular weight is 270 g/mol. The predicted octanol–water partition coefficient (Wildman–Crippen LogP) is 2.11. The highest BCUT2D eigenvalue weighted by Crippen LogP contribution is 2.24. The number of amides is 1. The first-order valence-electron chi connectivity index (χ1n) is 5.79. The highest BCUT2D eigenvalue weighted by molar-refractivity contribution is 7.92. The summed E-state index contributed by atoms with van der Waals surface area (Å²) in [6, 6.07) is 5.11. The molecule has 2 N–H and O–H groups in total. The van der Waals surface area contributed by atoms with Crippen LogP contribution in [0.15, 0.2) is 18.2 Å². The van der Waals surface area contributed by atoms with Crippen LogP contribution in [0.2, 0.25) is 0 Å². The van der Waals surface area contributed by atoms with Crippen LogP contribution in [0.5, 0.6) is 0 Å². The van der Waals surface area contributed by atoms with Crippen LogP contribution in [-0.4, -0.2) is 20.1 Å². The number of benzene rings is 1. The lowest BCUT2D eigenvalue weighted by atomic mass is 10.1. The summed E-state index contributed by atoms with van der Waals surface area (Å²) in [5, 5.41) is 2.73. The first-order valence-corrected chi connectivity index (χ1v) is 7.44. The Labute approximate surface area is 108 Å². The van der Waals surface area contributed by atoms with Crippen molar-refractivity contribution in [2.45, 2.75) is 27.2 Å². The lowest BCUT2D eigenvalue weighted by Gasteiger charge is -2.13. The van der Waals surface area contributed by atoms with E-state index in [2.05, 4.69) is 10.0 Å². The second-order valence-electron chi connectivity index (χ2n) is 3.89. The van der Waals surface area contributed by atoms with E-state index in [1.54, 1.807) is 39.0 Å². The van der Waals surface area contributed by atoms with Crippen molar-refractivity contribution in [3.8, 4) is 0 Å². The van der Waals surface area contributed by atoms with E-state index in [1.165, 1.54) is 0 Å². The lowest BCUT2D eigenvalue weighted by Crippen LogP contribution is -2.16. The molecule has 0 atom stereocenters. The van der Waals surface area contributed by atoms with E-state index in [-0.39, 0.29) is 11.7 Å². The summed E-state index contributed by atoms with van der Waals surface area (Å²) in [5.41, 5.74) is 1.82. The number of rotatable bonds is 5. The molecule has 18 heavy (non-hydrogen) atoms. The minimum Gasteiger partial charge on any atom is -0.326 e. The highest BCUT2D eigenvalue weighted by Gasteiger charge is 2.11. The van der Waals surface area contributed by atoms with Crippen LogP contribution in [0.25, 0.3) is 0 Å². The largest absolute Gasteiger partial charge is 0.326 e. The Hall–Kier alpha value is -1.56. The van der Waals surface area contributed by atoms with Gasteiger partial charge in [0.05, 0.1) is 11.4 Å². The van der Waals surface area contributed by atoms with Gasteiger partial charge in [0.1, 0.15) is 0 Å². The maximum absolute atomic E-state index is 11.5. The second kappa shape index (κ2) is 5.86. The summed E-state index contributed by atoms with van der Waals surface area (Å²) >= 11 is 0. The fourth-order valence-electron chi connectivity index (χ4n) is 1.36. The Kier molecular flexibility index (Phi) is 4.72. The molecule has 100 valence electrons. The van der Waals surface area contributed by atoms with Gasteiger partial charge in [0, 0.05) is 12.1 Å². The van der Waals surface area contributed by atoms with Crippen molar-refractivity contribution >= 4 is 27.3 Å². The van der Waals surface area contributed by atoms with Crippen molar-refractivity contribution in [2.24, 2.45) is 0 Å². The monoisotopic (exact) mass is 270 g/mol. The number of nitrogens with one attached hydrogen (secondary N) is 2. The van der Waals surface area contributed by atoms with Crippen LogP contribution in [0.4, 0.5) is 11.4 Å². The second-order valence-corrected chi connectivity index (χ2v) is 5.90. The van der Waals surface area contributed by atoms with Crippen molar-refractivity contribution in [3.63, 3.8) is 0 Å². The van der Waals surface area contributed by atoms with Gasteiger partial charge in [-0.25, -0.2) is 8.42 Å². The lowest BCUT2D eigenvalue weighted by molar-refractivity contribution is -0.115. The molecule has 0 aliphatic carbocycles. The number of carbonyl (C=O) groups excluding carboxylic acids is 1. The van der Waals surface area contributed by atoms with Crippen LogP contribution in [0.1, 0.15) is 25.8 Å². The Bertz CT molecular complexity index is 538. The third-order valence-electron chi connectivity index (χ3n) is 2.57. The summed E-state index contributed by atoms with van der Waals surface area (Å²) in [6.45, 7) is 5.09. The van der Waals surface area contributed by atoms with E-state index in [0.717, 1.165) is 0 Å². The molecule has 0 fully saturated rings. The van der Waals surface area contributed by atoms with E-state index in [1.807, 2.05) is 0 Å². The Morgan fingerprint density at radius 1 is 1.22 bits per heavy atom. The van der Waals surface area contributed by atoms with Crippen LogP contribution in [-0.2, 0) is 14.8 Å². The summed E-state index contributed by atoms with van der Waals surface area (Å²) in [4.78, 5) is 11.3. The molecule has 5 nitrogen and oxygen atoms in total. The predicted molar refractivity (Wildman–Crippen MR) is 73.2 cm³/mol. The standard InChI is InChI=1S/C12H18N2O3S/c1-4-12(15)13-10-7-6-8-11(9(10)3)14-18(16,17)5-2/h6-8,14H,4-5H2,1-3H3,(H,13,15). The van der Waals surface area contributed by atoms with E-state index in [0.29, 0.717) is 23.4 Å². The van der Waals surface area contributed by atoms with E-state index >= 15 is 0 Å².